The molecule has 0 bridgehead atoms. The van der Waals surface area contributed by atoms with Crippen LogP contribution in [0.15, 0.2) is 0 Å². The fourth-order valence-corrected chi connectivity index (χ4v) is 1.36. The molecule has 0 N–H and O–H groups in total. The van der Waals surface area contributed by atoms with Crippen molar-refractivity contribution in [1.29, 1.82) is 0 Å². The van der Waals surface area contributed by atoms with Crippen LogP contribution in [0.25, 0.3) is 0 Å². The van der Waals surface area contributed by atoms with E-state index in [2.05, 4.69) is 15.9 Å². The maximum Gasteiger partial charge on any atom is 0.134 e. The predicted molar refractivity (Wildman–Crippen MR) is 31.5 cm³/mol. The van der Waals surface area contributed by atoms with Crippen molar-refractivity contribution < 1.29 is 4.79 Å². The Labute approximate surface area is 51.2 Å². The molecular weight excluding hydrogens is 156 g/mol. The summed E-state index contributed by atoms with van der Waals surface area (Å²) in [4.78, 5) is 10.9. The number of hydrogen-bond acceptors (Lipinski definition) is 1. The van der Waals surface area contributed by atoms with Crippen molar-refractivity contribution in [2.24, 2.45) is 5.92 Å². The van der Waals surface area contributed by atoms with Crippen LogP contribution >= 0.6 is 15.9 Å². The first-order chi connectivity index (χ1) is 3.22. The van der Waals surface area contributed by atoms with E-state index < -0.39 is 0 Å². The van der Waals surface area contributed by atoms with Crippen LogP contribution in [-0.2, 0) is 4.79 Å². The zero-order valence-corrected chi connectivity index (χ0v) is 5.73. The van der Waals surface area contributed by atoms with Crippen LogP contribution in [-0.4, -0.2) is 10.6 Å². The molecule has 7 heavy (non-hydrogen) atoms. The van der Waals surface area contributed by atoms with Gasteiger partial charge in [0.05, 0.1) is 0 Å². The largest absolute Gasteiger partial charge is 0.300 e. The van der Waals surface area contributed by atoms with Crippen LogP contribution in [0, 0.1) is 5.92 Å². The summed E-state index contributed by atoms with van der Waals surface area (Å²) in [6.45, 7) is 1.64. The summed E-state index contributed by atoms with van der Waals surface area (Å²) in [6.07, 6.45) is 1.05. The minimum absolute atomic E-state index is 0.321. The third-order valence-corrected chi connectivity index (χ3v) is 2.25. The Kier molecular flexibility index (Phi) is 1.20. The lowest BCUT2D eigenvalue weighted by molar-refractivity contribution is -0.118. The first-order valence-corrected chi connectivity index (χ1v) is 3.28. The average Bonchev–Trinajstić information content (AvgIpc) is 2.17. The third kappa shape index (κ3) is 1.03. The van der Waals surface area contributed by atoms with Gasteiger partial charge in [0, 0.05) is 10.7 Å². The lowest BCUT2D eigenvalue weighted by atomic mass is 10.3. The van der Waals surface area contributed by atoms with Crippen LogP contribution in [0.5, 0.6) is 0 Å². The van der Waals surface area contributed by atoms with Gasteiger partial charge >= 0.3 is 0 Å². The van der Waals surface area contributed by atoms with Crippen LogP contribution in [0.2, 0.25) is 0 Å². The quantitative estimate of drug-likeness (QED) is 0.533. The number of rotatable bonds is 1. The summed E-state index contributed by atoms with van der Waals surface area (Å²) in [5.41, 5.74) is 0. The molecule has 0 aromatic carbocycles. The number of Topliss-reactive ketones (excluding diaryl/α,β-unsaturated/α-hetero) is 1. The molecule has 1 saturated carbocycles. The van der Waals surface area contributed by atoms with Gasteiger partial charge in [-0.15, -0.1) is 0 Å². The molecule has 0 spiro atoms. The van der Waals surface area contributed by atoms with E-state index >= 15 is 0 Å². The maximum atomic E-state index is 10.4. The van der Waals surface area contributed by atoms with Crippen molar-refractivity contribution in [2.45, 2.75) is 18.2 Å². The van der Waals surface area contributed by atoms with Crippen LogP contribution in [0.4, 0.5) is 0 Å². The molecule has 2 heteroatoms. The summed E-state index contributed by atoms with van der Waals surface area (Å²) in [7, 11) is 0. The standard InChI is InChI=1S/C5H7BrO/c1-3(7)4-2-5(4)6/h4-5H,2H2,1H3/t4-,5-/m0/s1. The van der Waals surface area contributed by atoms with E-state index in [0.29, 0.717) is 16.5 Å². The number of ketones is 1. The van der Waals surface area contributed by atoms with Crippen molar-refractivity contribution in [3.8, 4) is 0 Å². The molecule has 0 amide bonds. The van der Waals surface area contributed by atoms with E-state index in [1.54, 1.807) is 6.92 Å². The number of halogens is 1. The second-order valence-electron chi connectivity index (χ2n) is 1.97. The molecule has 0 saturated heterocycles. The molecule has 1 nitrogen and oxygen atoms in total. The van der Waals surface area contributed by atoms with Crippen LogP contribution in [0.1, 0.15) is 13.3 Å². The van der Waals surface area contributed by atoms with Crippen molar-refractivity contribution in [3.05, 3.63) is 0 Å². The van der Waals surface area contributed by atoms with Gasteiger partial charge in [-0.25, -0.2) is 0 Å². The third-order valence-electron chi connectivity index (χ3n) is 1.23. The van der Waals surface area contributed by atoms with Gasteiger partial charge in [0.2, 0.25) is 0 Å². The Morgan fingerprint density at radius 2 is 2.29 bits per heavy atom. The summed E-state index contributed by atoms with van der Waals surface area (Å²) < 4.78 is 0. The van der Waals surface area contributed by atoms with E-state index in [4.69, 9.17) is 0 Å². The smallest absolute Gasteiger partial charge is 0.134 e. The van der Waals surface area contributed by atoms with Gasteiger partial charge < -0.3 is 0 Å². The minimum atomic E-state index is 0.321. The van der Waals surface area contributed by atoms with Gasteiger partial charge in [0.25, 0.3) is 0 Å². The second kappa shape index (κ2) is 1.58. The normalized spacial score (nSPS) is 38.0. The Bertz CT molecular complexity index is 100. The van der Waals surface area contributed by atoms with Crippen LogP contribution in [0.3, 0.4) is 0 Å². The molecule has 0 unspecified atom stereocenters. The van der Waals surface area contributed by atoms with Crippen molar-refractivity contribution in [1.82, 2.24) is 0 Å². The molecule has 40 valence electrons. The molecule has 0 aliphatic heterocycles. The van der Waals surface area contributed by atoms with Crippen molar-refractivity contribution in [3.63, 3.8) is 0 Å². The SMILES string of the molecule is CC(=O)[C@@H]1C[C@@H]1Br. The lowest BCUT2D eigenvalue weighted by Crippen LogP contribution is -1.92. The predicted octanol–water partition coefficient (Wildman–Crippen LogP) is 1.36. The minimum Gasteiger partial charge on any atom is -0.300 e. The number of alkyl halides is 1. The highest BCUT2D eigenvalue weighted by molar-refractivity contribution is 9.09. The number of carbonyl (C=O) groups is 1. The number of carbonyl (C=O) groups excluding carboxylic acids is 1. The molecule has 1 aliphatic rings. The van der Waals surface area contributed by atoms with Gasteiger partial charge in [-0.3, -0.25) is 4.79 Å². The summed E-state index contributed by atoms with van der Waals surface area (Å²) in [6, 6.07) is 0. The van der Waals surface area contributed by atoms with Gasteiger partial charge in [-0.1, -0.05) is 15.9 Å². The molecule has 1 fully saturated rings. The maximum absolute atomic E-state index is 10.4. The monoisotopic (exact) mass is 162 g/mol. The fourth-order valence-electron chi connectivity index (χ4n) is 0.585. The van der Waals surface area contributed by atoms with E-state index in [1.165, 1.54) is 0 Å². The summed E-state index contributed by atoms with van der Waals surface area (Å²) in [5.74, 6) is 0.668. The highest BCUT2D eigenvalue weighted by Crippen LogP contribution is 2.37. The lowest BCUT2D eigenvalue weighted by Gasteiger charge is -1.79. The fraction of sp³-hybridized carbons (Fsp3) is 0.800. The molecule has 1 rings (SSSR count). The summed E-state index contributed by atoms with van der Waals surface area (Å²) in [5, 5.41) is 0. The summed E-state index contributed by atoms with van der Waals surface area (Å²) >= 11 is 3.33. The highest BCUT2D eigenvalue weighted by atomic mass is 79.9. The Hall–Kier alpha value is 0.150. The van der Waals surface area contributed by atoms with Gasteiger partial charge in [-0.2, -0.15) is 0 Å². The molecule has 0 radical (unpaired) electrons. The topological polar surface area (TPSA) is 17.1 Å². The molecule has 0 heterocycles. The van der Waals surface area contributed by atoms with Gasteiger partial charge in [0.15, 0.2) is 0 Å². The molecule has 0 aromatic rings. The second-order valence-corrected chi connectivity index (χ2v) is 3.14. The van der Waals surface area contributed by atoms with E-state index in [-0.39, 0.29) is 0 Å². The average molecular weight is 163 g/mol. The first kappa shape index (κ1) is 5.29. The first-order valence-electron chi connectivity index (χ1n) is 2.36. The molecule has 2 atom stereocenters. The molecule has 1 aliphatic carbocycles. The van der Waals surface area contributed by atoms with E-state index in [1.807, 2.05) is 0 Å². The zero-order valence-electron chi connectivity index (χ0n) is 4.15. The zero-order chi connectivity index (χ0) is 5.44. The van der Waals surface area contributed by atoms with E-state index in [9.17, 15) is 4.79 Å². The van der Waals surface area contributed by atoms with Gasteiger partial charge in [0.1, 0.15) is 5.78 Å². The number of hydrogen-bond donors (Lipinski definition) is 0. The molecular formula is C5H7BrO. The highest BCUT2D eigenvalue weighted by Gasteiger charge is 2.38. The van der Waals surface area contributed by atoms with Crippen molar-refractivity contribution in [2.75, 3.05) is 0 Å². The van der Waals surface area contributed by atoms with Crippen LogP contribution < -0.4 is 0 Å². The van der Waals surface area contributed by atoms with E-state index in [0.717, 1.165) is 6.42 Å². The molecule has 0 aromatic heterocycles. The van der Waals surface area contributed by atoms with Crippen molar-refractivity contribution >= 4 is 21.7 Å². The van der Waals surface area contributed by atoms with Gasteiger partial charge in [-0.05, 0) is 13.3 Å². The Morgan fingerprint density at radius 3 is 2.29 bits per heavy atom. The Morgan fingerprint density at radius 1 is 1.86 bits per heavy atom. The Balaban J connectivity index is 2.33.